The fourth-order valence-electron chi connectivity index (χ4n) is 1.13. The molecule has 0 amide bonds. The largest absolute Gasteiger partial charge is 0.470 e. The molecule has 0 aromatic heterocycles. The maximum atomic E-state index is 8.87. The molecule has 1 rings (SSSR count). The third-order valence-electron chi connectivity index (χ3n) is 1.59. The minimum Gasteiger partial charge on any atom is -0.470 e. The van der Waals surface area contributed by atoms with Crippen LogP contribution < -0.4 is 0 Å². The van der Waals surface area contributed by atoms with Gasteiger partial charge in [0.2, 0.25) is 5.79 Å². The second-order valence-corrected chi connectivity index (χ2v) is 2.46. The lowest BCUT2D eigenvalue weighted by atomic mass is 10.0. The normalized spacial score (nSPS) is 35.5. The molecule has 0 spiro atoms. The van der Waals surface area contributed by atoms with Gasteiger partial charge in [0.15, 0.2) is 6.29 Å². The number of aliphatic hydroxyl groups excluding tert-OH is 1. The fraction of sp³-hybridized carbons (Fsp3) is 0.500. The van der Waals surface area contributed by atoms with E-state index < -0.39 is 12.1 Å². The Morgan fingerprint density at radius 1 is 1.73 bits per heavy atom. The number of ether oxygens (including phenoxy) is 2. The van der Waals surface area contributed by atoms with Gasteiger partial charge in [-0.3, -0.25) is 0 Å². The molecule has 2 unspecified atom stereocenters. The lowest BCUT2D eigenvalue weighted by Gasteiger charge is -2.43. The summed E-state index contributed by atoms with van der Waals surface area (Å²) in [5, 5.41) is 8.87. The standard InChI is InChI=1S/C8H12O3/c1-3-5-8(10-4-2)6-7(9)11-8/h3-4,7,9H,1-2,5-6H2. The van der Waals surface area contributed by atoms with Crippen LogP contribution in [0, 0.1) is 0 Å². The van der Waals surface area contributed by atoms with Gasteiger partial charge in [-0.15, -0.1) is 6.58 Å². The van der Waals surface area contributed by atoms with Crippen LogP contribution in [-0.2, 0) is 9.47 Å². The van der Waals surface area contributed by atoms with Gasteiger partial charge >= 0.3 is 0 Å². The zero-order valence-corrected chi connectivity index (χ0v) is 6.32. The summed E-state index contributed by atoms with van der Waals surface area (Å²) in [6.07, 6.45) is 3.35. The van der Waals surface area contributed by atoms with Gasteiger partial charge < -0.3 is 14.6 Å². The van der Waals surface area contributed by atoms with E-state index in [9.17, 15) is 0 Å². The van der Waals surface area contributed by atoms with Gasteiger partial charge in [-0.1, -0.05) is 12.7 Å². The average molecular weight is 156 g/mol. The van der Waals surface area contributed by atoms with E-state index in [4.69, 9.17) is 14.6 Å². The van der Waals surface area contributed by atoms with Crippen LogP contribution in [0.5, 0.6) is 0 Å². The van der Waals surface area contributed by atoms with Crippen LogP contribution in [0.15, 0.2) is 25.5 Å². The van der Waals surface area contributed by atoms with Crippen molar-refractivity contribution >= 4 is 0 Å². The van der Waals surface area contributed by atoms with E-state index in [1.54, 1.807) is 6.08 Å². The fourth-order valence-corrected chi connectivity index (χ4v) is 1.13. The summed E-state index contributed by atoms with van der Waals surface area (Å²) in [7, 11) is 0. The molecular weight excluding hydrogens is 144 g/mol. The van der Waals surface area contributed by atoms with Crippen molar-refractivity contribution in [2.45, 2.75) is 24.9 Å². The molecule has 1 N–H and O–H groups in total. The molecule has 1 heterocycles. The Bertz CT molecular complexity index is 147. The Morgan fingerprint density at radius 2 is 2.36 bits per heavy atom. The van der Waals surface area contributed by atoms with Crippen molar-refractivity contribution < 1.29 is 14.6 Å². The van der Waals surface area contributed by atoms with Crippen molar-refractivity contribution in [3.05, 3.63) is 25.5 Å². The summed E-state index contributed by atoms with van der Waals surface area (Å²) in [5.74, 6) is -0.692. The third kappa shape index (κ3) is 1.61. The van der Waals surface area contributed by atoms with Gasteiger partial charge in [0.05, 0.1) is 12.7 Å². The number of hydrogen-bond donors (Lipinski definition) is 1. The highest BCUT2D eigenvalue weighted by Crippen LogP contribution is 2.35. The molecule has 3 heteroatoms. The van der Waals surface area contributed by atoms with E-state index in [1.165, 1.54) is 6.26 Å². The Kier molecular flexibility index (Phi) is 2.31. The molecule has 0 aliphatic carbocycles. The first-order valence-corrected chi connectivity index (χ1v) is 3.48. The van der Waals surface area contributed by atoms with Crippen molar-refractivity contribution in [2.75, 3.05) is 0 Å². The maximum Gasteiger partial charge on any atom is 0.220 e. The molecule has 3 nitrogen and oxygen atoms in total. The Hall–Kier alpha value is -0.800. The zero-order chi connectivity index (χ0) is 8.32. The Morgan fingerprint density at radius 3 is 2.73 bits per heavy atom. The van der Waals surface area contributed by atoms with Crippen molar-refractivity contribution in [1.29, 1.82) is 0 Å². The summed E-state index contributed by atoms with van der Waals surface area (Å²) in [6, 6.07) is 0. The van der Waals surface area contributed by atoms with E-state index >= 15 is 0 Å². The van der Waals surface area contributed by atoms with E-state index in [0.717, 1.165) is 0 Å². The first-order chi connectivity index (χ1) is 5.22. The molecule has 0 bridgehead atoms. The highest BCUT2D eigenvalue weighted by atomic mass is 16.8. The van der Waals surface area contributed by atoms with E-state index in [-0.39, 0.29) is 0 Å². The summed E-state index contributed by atoms with van der Waals surface area (Å²) >= 11 is 0. The molecule has 1 fully saturated rings. The highest BCUT2D eigenvalue weighted by molar-refractivity contribution is 4.89. The van der Waals surface area contributed by atoms with Gasteiger partial charge in [0, 0.05) is 6.42 Å². The van der Waals surface area contributed by atoms with Gasteiger partial charge in [0.1, 0.15) is 0 Å². The number of rotatable bonds is 4. The van der Waals surface area contributed by atoms with Crippen molar-refractivity contribution in [2.24, 2.45) is 0 Å². The lowest BCUT2D eigenvalue weighted by molar-refractivity contribution is -0.375. The van der Waals surface area contributed by atoms with Crippen LogP contribution in [0.2, 0.25) is 0 Å². The molecule has 0 saturated carbocycles. The lowest BCUT2D eigenvalue weighted by Crippen LogP contribution is -2.51. The number of aliphatic hydroxyl groups is 1. The van der Waals surface area contributed by atoms with Gasteiger partial charge in [-0.25, -0.2) is 0 Å². The zero-order valence-electron chi connectivity index (χ0n) is 6.32. The van der Waals surface area contributed by atoms with Crippen LogP contribution in [0.3, 0.4) is 0 Å². The van der Waals surface area contributed by atoms with Gasteiger partial charge in [-0.2, -0.15) is 0 Å². The smallest absolute Gasteiger partial charge is 0.220 e. The van der Waals surface area contributed by atoms with Crippen molar-refractivity contribution in [1.82, 2.24) is 0 Å². The Balaban J connectivity index is 2.45. The van der Waals surface area contributed by atoms with Crippen LogP contribution in [0.1, 0.15) is 12.8 Å². The minimum atomic E-state index is -0.699. The molecule has 0 aromatic carbocycles. The molecule has 0 aromatic rings. The summed E-state index contributed by atoms with van der Waals surface area (Å²) < 4.78 is 10.1. The summed E-state index contributed by atoms with van der Waals surface area (Å²) in [4.78, 5) is 0. The molecule has 0 radical (unpaired) electrons. The molecule has 11 heavy (non-hydrogen) atoms. The van der Waals surface area contributed by atoms with Crippen LogP contribution in [0.25, 0.3) is 0 Å². The quantitative estimate of drug-likeness (QED) is 0.490. The molecule has 2 atom stereocenters. The highest BCUT2D eigenvalue weighted by Gasteiger charge is 2.45. The van der Waals surface area contributed by atoms with Gasteiger partial charge in [-0.05, 0) is 0 Å². The van der Waals surface area contributed by atoms with Gasteiger partial charge in [0.25, 0.3) is 0 Å². The second-order valence-electron chi connectivity index (χ2n) is 2.46. The second kappa shape index (κ2) is 3.07. The predicted molar refractivity (Wildman–Crippen MR) is 40.5 cm³/mol. The SMILES string of the molecule is C=CCC1(OC=C)CC(O)O1. The van der Waals surface area contributed by atoms with E-state index in [0.29, 0.717) is 12.8 Å². The third-order valence-corrected chi connectivity index (χ3v) is 1.59. The molecule has 62 valence electrons. The number of hydrogen-bond acceptors (Lipinski definition) is 3. The molecule has 1 aliphatic heterocycles. The monoisotopic (exact) mass is 156 g/mol. The van der Waals surface area contributed by atoms with Crippen molar-refractivity contribution in [3.63, 3.8) is 0 Å². The summed E-state index contributed by atoms with van der Waals surface area (Å²) in [6.45, 7) is 6.98. The predicted octanol–water partition coefficient (Wildman–Crippen LogP) is 1.16. The van der Waals surface area contributed by atoms with Crippen molar-refractivity contribution in [3.8, 4) is 0 Å². The Labute approximate surface area is 65.9 Å². The van der Waals surface area contributed by atoms with Crippen LogP contribution in [-0.4, -0.2) is 17.2 Å². The van der Waals surface area contributed by atoms with Crippen LogP contribution in [0.4, 0.5) is 0 Å². The topological polar surface area (TPSA) is 38.7 Å². The molecule has 1 aliphatic rings. The maximum absolute atomic E-state index is 8.87. The minimum absolute atomic E-state index is 0.477. The molecule has 1 saturated heterocycles. The van der Waals surface area contributed by atoms with E-state index in [2.05, 4.69) is 13.2 Å². The first-order valence-electron chi connectivity index (χ1n) is 3.48. The average Bonchev–Trinajstić information content (AvgIpc) is 1.86. The van der Waals surface area contributed by atoms with Crippen LogP contribution >= 0.6 is 0 Å². The van der Waals surface area contributed by atoms with E-state index in [1.807, 2.05) is 0 Å². The summed E-state index contributed by atoms with van der Waals surface area (Å²) in [5.41, 5.74) is 0. The first kappa shape index (κ1) is 8.30. The molecular formula is C8H12O3.